The van der Waals surface area contributed by atoms with Crippen LogP contribution in [-0.2, 0) is 25.8 Å². The summed E-state index contributed by atoms with van der Waals surface area (Å²) in [4.78, 5) is 53.8. The van der Waals surface area contributed by atoms with E-state index in [9.17, 15) is 19.2 Å². The van der Waals surface area contributed by atoms with Crippen LogP contribution < -0.4 is 25.6 Å². The third-order valence-corrected chi connectivity index (χ3v) is 7.75. The molecule has 45 heavy (non-hydrogen) atoms. The van der Waals surface area contributed by atoms with Crippen molar-refractivity contribution in [2.45, 2.75) is 20.5 Å². The molecule has 0 spiro atoms. The summed E-state index contributed by atoms with van der Waals surface area (Å²) in [6, 6.07) is 13.5. The van der Waals surface area contributed by atoms with Gasteiger partial charge in [0.2, 0.25) is 23.6 Å². The molecule has 2 aromatic heterocycles. The number of imidazole rings is 1. The number of benzene rings is 2. The number of nitrogens with zero attached hydrogens (tertiary/aromatic N) is 3. The monoisotopic (exact) mass is 670 g/mol. The van der Waals surface area contributed by atoms with E-state index in [2.05, 4.69) is 20.9 Å². The van der Waals surface area contributed by atoms with Gasteiger partial charge in [0.15, 0.2) is 11.4 Å². The molecule has 14 heteroatoms. The van der Waals surface area contributed by atoms with Crippen molar-refractivity contribution in [3.05, 3.63) is 92.8 Å². The van der Waals surface area contributed by atoms with Gasteiger partial charge in [-0.1, -0.05) is 46.9 Å². The zero-order valence-electron chi connectivity index (χ0n) is 24.5. The molecule has 0 bridgehead atoms. The molecular formula is C31H29Cl3N6O5. The van der Waals surface area contributed by atoms with E-state index in [-0.39, 0.29) is 36.5 Å². The molecule has 11 nitrogen and oxygen atoms in total. The zero-order chi connectivity index (χ0) is 32.7. The molecule has 3 N–H and O–H groups in total. The van der Waals surface area contributed by atoms with Crippen LogP contribution in [0.25, 0.3) is 11.7 Å². The average Bonchev–Trinajstić information content (AvgIpc) is 3.31. The van der Waals surface area contributed by atoms with Crippen LogP contribution in [-0.4, -0.2) is 53.2 Å². The SMILES string of the molecule is CC(=O)NCC(=O)Nc1ccc(/C=C/C(=O)NCC(=O)N(C)c2ccc(Cl)c(COc3cccn4c(Cl)c(C)nc34)c2Cl)cc1. The highest BCUT2D eigenvalue weighted by Gasteiger charge is 2.20. The van der Waals surface area contributed by atoms with Crippen LogP contribution >= 0.6 is 34.8 Å². The number of hydrogen-bond acceptors (Lipinski definition) is 6. The number of aromatic nitrogens is 2. The molecule has 0 saturated heterocycles. The molecule has 0 aliphatic carbocycles. The van der Waals surface area contributed by atoms with Gasteiger partial charge >= 0.3 is 0 Å². The van der Waals surface area contributed by atoms with Crippen LogP contribution in [0.4, 0.5) is 11.4 Å². The minimum atomic E-state index is -0.482. The van der Waals surface area contributed by atoms with Crippen molar-refractivity contribution < 1.29 is 23.9 Å². The first-order chi connectivity index (χ1) is 21.4. The summed E-state index contributed by atoms with van der Waals surface area (Å²) in [5.74, 6) is -1.09. The van der Waals surface area contributed by atoms with Crippen molar-refractivity contribution in [2.75, 3.05) is 30.4 Å². The van der Waals surface area contributed by atoms with E-state index in [4.69, 9.17) is 39.5 Å². The second kappa shape index (κ2) is 14.9. The minimum absolute atomic E-state index is 0.00267. The molecule has 0 aliphatic rings. The van der Waals surface area contributed by atoms with Crippen LogP contribution in [0.3, 0.4) is 0 Å². The molecule has 0 radical (unpaired) electrons. The lowest BCUT2D eigenvalue weighted by atomic mass is 10.2. The Morgan fingerprint density at radius 1 is 1.00 bits per heavy atom. The number of pyridine rings is 1. The third-order valence-electron chi connectivity index (χ3n) is 6.52. The van der Waals surface area contributed by atoms with Gasteiger partial charge in [-0.15, -0.1) is 0 Å². The minimum Gasteiger partial charge on any atom is -0.485 e. The molecule has 0 saturated carbocycles. The molecule has 2 aromatic carbocycles. The largest absolute Gasteiger partial charge is 0.485 e. The van der Waals surface area contributed by atoms with Crippen molar-refractivity contribution in [2.24, 2.45) is 0 Å². The Hall–Kier alpha value is -4.58. The molecule has 4 aromatic rings. The molecule has 4 amide bonds. The average molecular weight is 672 g/mol. The van der Waals surface area contributed by atoms with Crippen LogP contribution in [0.5, 0.6) is 5.75 Å². The molecule has 0 fully saturated rings. The highest BCUT2D eigenvalue weighted by Crippen LogP contribution is 2.35. The second-order valence-corrected chi connectivity index (χ2v) is 10.9. The third kappa shape index (κ3) is 8.53. The van der Waals surface area contributed by atoms with Crippen LogP contribution in [0.1, 0.15) is 23.7 Å². The van der Waals surface area contributed by atoms with E-state index >= 15 is 0 Å². The van der Waals surface area contributed by atoms with E-state index in [1.807, 2.05) is 0 Å². The number of rotatable bonds is 11. The first kappa shape index (κ1) is 33.3. The Labute approximate surface area is 274 Å². The van der Waals surface area contributed by atoms with Gasteiger partial charge in [0.1, 0.15) is 11.8 Å². The molecule has 234 valence electrons. The summed E-state index contributed by atoms with van der Waals surface area (Å²) in [7, 11) is 1.54. The van der Waals surface area contributed by atoms with E-state index in [0.29, 0.717) is 49.8 Å². The smallest absolute Gasteiger partial charge is 0.246 e. The summed E-state index contributed by atoms with van der Waals surface area (Å²) < 4.78 is 7.71. The summed E-state index contributed by atoms with van der Waals surface area (Å²) in [6.45, 7) is 2.70. The fraction of sp³-hybridized carbons (Fsp3) is 0.194. The number of carbonyl (C=O) groups excluding carboxylic acids is 4. The van der Waals surface area contributed by atoms with E-state index in [1.54, 1.807) is 72.1 Å². The highest BCUT2D eigenvalue weighted by molar-refractivity contribution is 6.38. The number of aryl methyl sites for hydroxylation is 1. The number of fused-ring (bicyclic) bond motifs is 1. The van der Waals surface area contributed by atoms with E-state index in [0.717, 1.165) is 0 Å². The Morgan fingerprint density at radius 3 is 2.44 bits per heavy atom. The Kier molecular flexibility index (Phi) is 11.1. The number of anilines is 2. The number of nitrogens with one attached hydrogen (secondary N) is 3. The van der Waals surface area contributed by atoms with Gasteiger partial charge in [0, 0.05) is 42.5 Å². The second-order valence-electron chi connectivity index (χ2n) is 9.79. The maximum Gasteiger partial charge on any atom is 0.246 e. The number of ether oxygens (including phenoxy) is 1. The lowest BCUT2D eigenvalue weighted by molar-refractivity contribution is -0.122. The predicted molar refractivity (Wildman–Crippen MR) is 175 cm³/mol. The van der Waals surface area contributed by atoms with Crippen LogP contribution in [0.2, 0.25) is 15.2 Å². The maximum absolute atomic E-state index is 12.9. The topological polar surface area (TPSA) is 134 Å². The van der Waals surface area contributed by atoms with Crippen molar-refractivity contribution in [3.8, 4) is 5.75 Å². The lowest BCUT2D eigenvalue weighted by Gasteiger charge is -2.21. The molecule has 2 heterocycles. The molecular weight excluding hydrogens is 643 g/mol. The van der Waals surface area contributed by atoms with Crippen molar-refractivity contribution >= 4 is 81.5 Å². The van der Waals surface area contributed by atoms with Crippen LogP contribution in [0, 0.1) is 6.92 Å². The predicted octanol–water partition coefficient (Wildman–Crippen LogP) is 5.05. The van der Waals surface area contributed by atoms with Gasteiger partial charge in [-0.25, -0.2) is 4.98 Å². The van der Waals surface area contributed by atoms with Gasteiger partial charge in [-0.05, 0) is 55.0 Å². The Balaban J connectivity index is 1.32. The van der Waals surface area contributed by atoms with Crippen LogP contribution in [0.15, 0.2) is 60.8 Å². The zero-order valence-corrected chi connectivity index (χ0v) is 26.8. The maximum atomic E-state index is 12.9. The first-order valence-electron chi connectivity index (χ1n) is 13.5. The van der Waals surface area contributed by atoms with Gasteiger partial charge in [-0.3, -0.25) is 23.6 Å². The summed E-state index contributed by atoms with van der Waals surface area (Å²) >= 11 is 19.4. The normalized spacial score (nSPS) is 11.0. The fourth-order valence-corrected chi connectivity index (χ4v) is 4.89. The van der Waals surface area contributed by atoms with E-state index in [1.165, 1.54) is 24.9 Å². The Morgan fingerprint density at radius 2 is 1.73 bits per heavy atom. The number of amides is 4. The van der Waals surface area contributed by atoms with Gasteiger partial charge in [0.25, 0.3) is 0 Å². The number of likely N-dealkylation sites (N-methyl/N-ethyl adjacent to an activating group) is 1. The van der Waals surface area contributed by atoms with Crippen molar-refractivity contribution in [1.82, 2.24) is 20.0 Å². The Bertz CT molecular complexity index is 1790. The van der Waals surface area contributed by atoms with Crippen molar-refractivity contribution in [3.63, 3.8) is 0 Å². The summed E-state index contributed by atoms with van der Waals surface area (Å²) in [5, 5.41) is 8.68. The lowest BCUT2D eigenvalue weighted by Crippen LogP contribution is -2.37. The van der Waals surface area contributed by atoms with Gasteiger partial charge < -0.3 is 25.6 Å². The van der Waals surface area contributed by atoms with Crippen molar-refractivity contribution in [1.29, 1.82) is 0 Å². The summed E-state index contributed by atoms with van der Waals surface area (Å²) in [5.41, 5.74) is 3.28. The fourth-order valence-electron chi connectivity index (χ4n) is 4.10. The van der Waals surface area contributed by atoms with Gasteiger partial charge in [0.05, 0.1) is 29.5 Å². The summed E-state index contributed by atoms with van der Waals surface area (Å²) in [6.07, 6.45) is 4.63. The number of carbonyl (C=O) groups is 4. The molecule has 0 aliphatic heterocycles. The first-order valence-corrected chi connectivity index (χ1v) is 14.7. The molecule has 0 atom stereocenters. The molecule has 4 rings (SSSR count). The number of halogens is 3. The van der Waals surface area contributed by atoms with E-state index < -0.39 is 11.8 Å². The van der Waals surface area contributed by atoms with Gasteiger partial charge in [-0.2, -0.15) is 0 Å². The standard InChI is InChI=1S/C31H29Cl3N6O5/c1-18-30(34)40-14-4-5-25(31(40)37-18)45-17-22-23(32)11-12-24(29(22)33)39(3)28(44)16-36-26(42)13-8-20-6-9-21(10-7-20)38-27(43)15-35-19(2)41/h4-14H,15-17H2,1-3H3,(H,35,41)(H,36,42)(H,38,43)/b13-8+. The highest BCUT2D eigenvalue weighted by atomic mass is 35.5. The molecule has 0 unspecified atom stereocenters. The number of hydrogen-bond donors (Lipinski definition) is 3. The quantitative estimate of drug-likeness (QED) is 0.191.